The molecule has 8 heteroatoms. The summed E-state index contributed by atoms with van der Waals surface area (Å²) in [6.45, 7) is 0.691. The summed E-state index contributed by atoms with van der Waals surface area (Å²) in [5.41, 5.74) is 0.403. The molecule has 0 aliphatic heterocycles. The molecule has 0 atom stereocenters. The average molecular weight is 383 g/mol. The molecular formula is C17H19ClN2O4S. The van der Waals surface area contributed by atoms with Crippen molar-refractivity contribution in [1.82, 2.24) is 9.62 Å². The Kier molecular flexibility index (Phi) is 6.41. The van der Waals surface area contributed by atoms with Crippen LogP contribution in [0.4, 0.5) is 0 Å². The first-order valence-electron chi connectivity index (χ1n) is 7.51. The van der Waals surface area contributed by atoms with Gasteiger partial charge in [-0.3, -0.25) is 4.79 Å². The van der Waals surface area contributed by atoms with Crippen molar-refractivity contribution in [2.75, 3.05) is 27.2 Å². The molecule has 2 aromatic carbocycles. The molecule has 0 heterocycles. The third-order valence-electron chi connectivity index (χ3n) is 3.52. The van der Waals surface area contributed by atoms with E-state index >= 15 is 0 Å². The van der Waals surface area contributed by atoms with Crippen LogP contribution in [0, 0.1) is 0 Å². The molecule has 0 aliphatic rings. The molecule has 2 rings (SSSR count). The third-order valence-corrected chi connectivity index (χ3v) is 5.18. The van der Waals surface area contributed by atoms with Crippen molar-refractivity contribution in [2.45, 2.75) is 4.90 Å². The number of halogens is 1. The Balaban J connectivity index is 1.93. The van der Waals surface area contributed by atoms with Gasteiger partial charge in [-0.25, -0.2) is 13.1 Å². The van der Waals surface area contributed by atoms with Crippen LogP contribution in [0.15, 0.2) is 53.4 Å². The fourth-order valence-electron chi connectivity index (χ4n) is 2.07. The lowest BCUT2D eigenvalue weighted by molar-refractivity contribution is 0.0773. The number of hydrogen-bond acceptors (Lipinski definition) is 4. The first kappa shape index (κ1) is 19.2. The minimum atomic E-state index is -3.51. The molecule has 1 N–H and O–H groups in total. The topological polar surface area (TPSA) is 75.7 Å². The standard InChI is InChI=1S/C17H19ClN2O4S/c1-19-25(22,23)16-8-6-13(7-9-16)17(21)20(2)10-11-24-15-5-3-4-14(18)12-15/h3-9,12,19H,10-11H2,1-2H3. The molecule has 0 saturated carbocycles. The van der Waals surface area contributed by atoms with Gasteiger partial charge in [0.2, 0.25) is 10.0 Å². The highest BCUT2D eigenvalue weighted by Gasteiger charge is 2.15. The summed E-state index contributed by atoms with van der Waals surface area (Å²) in [4.78, 5) is 14.0. The monoisotopic (exact) mass is 382 g/mol. The number of rotatable bonds is 7. The number of hydrogen-bond donors (Lipinski definition) is 1. The van der Waals surface area contributed by atoms with Gasteiger partial charge in [0.15, 0.2) is 0 Å². The highest BCUT2D eigenvalue weighted by atomic mass is 35.5. The highest BCUT2D eigenvalue weighted by molar-refractivity contribution is 7.89. The molecule has 0 unspecified atom stereocenters. The first-order chi connectivity index (χ1) is 11.8. The molecule has 0 aromatic heterocycles. The molecule has 0 radical (unpaired) electrons. The average Bonchev–Trinajstić information content (AvgIpc) is 2.61. The Morgan fingerprint density at radius 2 is 1.88 bits per heavy atom. The van der Waals surface area contributed by atoms with Crippen molar-refractivity contribution in [3.05, 3.63) is 59.1 Å². The van der Waals surface area contributed by atoms with E-state index in [0.29, 0.717) is 29.5 Å². The number of likely N-dealkylation sites (N-methyl/N-ethyl adjacent to an activating group) is 1. The van der Waals surface area contributed by atoms with Crippen molar-refractivity contribution in [1.29, 1.82) is 0 Å². The summed E-state index contributed by atoms with van der Waals surface area (Å²) in [6, 6.07) is 12.8. The number of nitrogens with zero attached hydrogens (tertiary/aromatic N) is 1. The van der Waals surface area contributed by atoms with Crippen LogP contribution in [0.1, 0.15) is 10.4 Å². The van der Waals surface area contributed by atoms with Crippen molar-refractivity contribution < 1.29 is 17.9 Å². The number of ether oxygens (including phenoxy) is 1. The van der Waals surface area contributed by atoms with Crippen molar-refractivity contribution in [3.8, 4) is 5.75 Å². The number of sulfonamides is 1. The number of carbonyl (C=O) groups excluding carboxylic acids is 1. The third kappa shape index (κ3) is 5.19. The van der Waals surface area contributed by atoms with Crippen molar-refractivity contribution >= 4 is 27.5 Å². The number of benzene rings is 2. The maximum Gasteiger partial charge on any atom is 0.253 e. The van der Waals surface area contributed by atoms with Crippen molar-refractivity contribution in [3.63, 3.8) is 0 Å². The van der Waals surface area contributed by atoms with Crippen LogP contribution in [0.2, 0.25) is 5.02 Å². The predicted octanol–water partition coefficient (Wildman–Crippen LogP) is 2.40. The molecule has 6 nitrogen and oxygen atoms in total. The number of carbonyl (C=O) groups is 1. The molecule has 0 saturated heterocycles. The van der Waals surface area contributed by atoms with Gasteiger partial charge in [-0.2, -0.15) is 0 Å². The lowest BCUT2D eigenvalue weighted by atomic mass is 10.2. The van der Waals surface area contributed by atoms with Crippen LogP contribution in [0.3, 0.4) is 0 Å². The lowest BCUT2D eigenvalue weighted by Crippen LogP contribution is -2.31. The van der Waals surface area contributed by atoms with Gasteiger partial charge in [-0.15, -0.1) is 0 Å². The van der Waals surface area contributed by atoms with E-state index in [1.807, 2.05) is 0 Å². The Bertz CT molecular complexity index is 838. The van der Waals surface area contributed by atoms with E-state index in [-0.39, 0.29) is 10.8 Å². The van der Waals surface area contributed by atoms with E-state index in [9.17, 15) is 13.2 Å². The molecule has 1 amide bonds. The molecule has 2 aromatic rings. The van der Waals surface area contributed by atoms with E-state index in [1.54, 1.807) is 31.3 Å². The van der Waals surface area contributed by atoms with Gasteiger partial charge in [-0.1, -0.05) is 17.7 Å². The normalized spacial score (nSPS) is 11.2. The summed E-state index contributed by atoms with van der Waals surface area (Å²) < 4.78 is 31.2. The van der Waals surface area contributed by atoms with Crippen LogP contribution >= 0.6 is 11.6 Å². The van der Waals surface area contributed by atoms with Gasteiger partial charge >= 0.3 is 0 Å². The fourth-order valence-corrected chi connectivity index (χ4v) is 2.98. The molecular weight excluding hydrogens is 364 g/mol. The van der Waals surface area contributed by atoms with E-state index < -0.39 is 10.0 Å². The minimum absolute atomic E-state index is 0.110. The summed E-state index contributed by atoms with van der Waals surface area (Å²) in [6.07, 6.45) is 0. The summed E-state index contributed by atoms with van der Waals surface area (Å²) in [5, 5.41) is 0.582. The second-order valence-corrected chi connectivity index (χ2v) is 7.59. The van der Waals surface area contributed by atoms with Gasteiger partial charge in [0, 0.05) is 17.6 Å². The van der Waals surface area contributed by atoms with Gasteiger partial charge in [-0.05, 0) is 49.5 Å². The molecule has 0 aliphatic carbocycles. The Morgan fingerprint density at radius 1 is 1.20 bits per heavy atom. The summed E-state index contributed by atoms with van der Waals surface area (Å²) >= 11 is 5.88. The fraction of sp³-hybridized carbons (Fsp3) is 0.235. The summed E-state index contributed by atoms with van der Waals surface area (Å²) in [7, 11) is -0.525. The van der Waals surface area contributed by atoms with Crippen LogP contribution in [0.25, 0.3) is 0 Å². The van der Waals surface area contributed by atoms with Gasteiger partial charge in [0.05, 0.1) is 11.4 Å². The van der Waals surface area contributed by atoms with E-state index in [4.69, 9.17) is 16.3 Å². The quantitative estimate of drug-likeness (QED) is 0.797. The van der Waals surface area contributed by atoms with E-state index in [0.717, 1.165) is 0 Å². The maximum atomic E-state index is 12.4. The van der Waals surface area contributed by atoms with Crippen LogP contribution in [0.5, 0.6) is 5.75 Å². The minimum Gasteiger partial charge on any atom is -0.492 e. The first-order valence-corrected chi connectivity index (χ1v) is 9.37. The van der Waals surface area contributed by atoms with Crippen molar-refractivity contribution in [2.24, 2.45) is 0 Å². The van der Waals surface area contributed by atoms with E-state index in [2.05, 4.69) is 4.72 Å². The zero-order valence-electron chi connectivity index (χ0n) is 13.9. The Morgan fingerprint density at radius 3 is 2.48 bits per heavy atom. The molecule has 25 heavy (non-hydrogen) atoms. The van der Waals surface area contributed by atoms with Gasteiger partial charge in [0.1, 0.15) is 12.4 Å². The Labute approximate surface area is 152 Å². The zero-order valence-corrected chi connectivity index (χ0v) is 15.5. The SMILES string of the molecule is CNS(=O)(=O)c1ccc(C(=O)N(C)CCOc2cccc(Cl)c2)cc1. The van der Waals surface area contributed by atoms with Crippen LogP contribution in [-0.4, -0.2) is 46.5 Å². The molecule has 0 spiro atoms. The smallest absolute Gasteiger partial charge is 0.253 e. The van der Waals surface area contributed by atoms with Crippen LogP contribution in [-0.2, 0) is 10.0 Å². The largest absolute Gasteiger partial charge is 0.492 e. The second kappa shape index (κ2) is 8.33. The second-order valence-electron chi connectivity index (χ2n) is 5.26. The van der Waals surface area contributed by atoms with Gasteiger partial charge < -0.3 is 9.64 Å². The highest BCUT2D eigenvalue weighted by Crippen LogP contribution is 2.17. The zero-order chi connectivity index (χ0) is 18.4. The number of amides is 1. The summed E-state index contributed by atoms with van der Waals surface area (Å²) in [5.74, 6) is 0.415. The van der Waals surface area contributed by atoms with Gasteiger partial charge in [0.25, 0.3) is 5.91 Å². The number of nitrogens with one attached hydrogen (secondary N) is 1. The van der Waals surface area contributed by atoms with Crippen LogP contribution < -0.4 is 9.46 Å². The lowest BCUT2D eigenvalue weighted by Gasteiger charge is -2.18. The molecule has 134 valence electrons. The molecule has 0 bridgehead atoms. The molecule has 0 fully saturated rings. The van der Waals surface area contributed by atoms with E-state index in [1.165, 1.54) is 36.2 Å². The Hall–Kier alpha value is -2.09. The maximum absolute atomic E-state index is 12.4. The predicted molar refractivity (Wildman–Crippen MR) is 96.6 cm³/mol.